The van der Waals surface area contributed by atoms with Crippen LogP contribution in [-0.2, 0) is 0 Å². The van der Waals surface area contributed by atoms with Crippen LogP contribution in [0.1, 0.15) is 0 Å². The van der Waals surface area contributed by atoms with Crippen molar-refractivity contribution in [3.63, 3.8) is 0 Å². The topological polar surface area (TPSA) is 37.8 Å². The van der Waals surface area contributed by atoms with Crippen LogP contribution in [0.4, 0.5) is 5.69 Å². The zero-order valence-corrected chi connectivity index (χ0v) is 5.68. The van der Waals surface area contributed by atoms with Gasteiger partial charge in [-0.05, 0) is 0 Å². The number of hydrogen-bond donors (Lipinski definition) is 1. The van der Waals surface area contributed by atoms with Crippen molar-refractivity contribution in [2.24, 2.45) is 0 Å². The summed E-state index contributed by atoms with van der Waals surface area (Å²) in [7, 11) is 1.80. The Morgan fingerprint density at radius 3 is 2.89 bits per heavy atom. The van der Waals surface area contributed by atoms with Crippen molar-refractivity contribution in [3.8, 4) is 0 Å². The third-order valence-electron chi connectivity index (χ3n) is 0.913. The van der Waals surface area contributed by atoms with E-state index in [4.69, 9.17) is 11.6 Å². The third-order valence-corrected chi connectivity index (χ3v) is 1.10. The summed E-state index contributed by atoms with van der Waals surface area (Å²) >= 11 is 5.51. The highest BCUT2D eigenvalue weighted by molar-refractivity contribution is 6.29. The van der Waals surface area contributed by atoms with Gasteiger partial charge in [-0.25, -0.2) is 0 Å². The van der Waals surface area contributed by atoms with Crippen LogP contribution in [0.5, 0.6) is 0 Å². The van der Waals surface area contributed by atoms with Gasteiger partial charge in [-0.2, -0.15) is 5.10 Å². The van der Waals surface area contributed by atoms with E-state index in [1.807, 2.05) is 0 Å². The van der Waals surface area contributed by atoms with Crippen molar-refractivity contribution >= 4 is 17.3 Å². The quantitative estimate of drug-likeness (QED) is 0.642. The molecule has 1 aromatic rings. The van der Waals surface area contributed by atoms with Crippen LogP contribution >= 0.6 is 11.6 Å². The summed E-state index contributed by atoms with van der Waals surface area (Å²) in [4.78, 5) is 0. The van der Waals surface area contributed by atoms with Gasteiger partial charge >= 0.3 is 0 Å². The number of hydrogen-bond acceptors (Lipinski definition) is 3. The van der Waals surface area contributed by atoms with Crippen LogP contribution in [0.2, 0.25) is 5.15 Å². The molecule has 0 aliphatic carbocycles. The number of nitrogens with one attached hydrogen (secondary N) is 1. The molecule has 0 fully saturated rings. The van der Waals surface area contributed by atoms with Gasteiger partial charge in [-0.3, -0.25) is 0 Å². The lowest BCUT2D eigenvalue weighted by Gasteiger charge is -1.95. The first-order chi connectivity index (χ1) is 4.33. The fraction of sp³-hybridized carbons (Fsp3) is 0.200. The normalized spacial score (nSPS) is 9.11. The second-order valence-corrected chi connectivity index (χ2v) is 1.90. The first kappa shape index (κ1) is 6.29. The summed E-state index contributed by atoms with van der Waals surface area (Å²) in [6.45, 7) is 0. The van der Waals surface area contributed by atoms with Gasteiger partial charge in [0.1, 0.15) is 0 Å². The minimum Gasteiger partial charge on any atom is -0.387 e. The second kappa shape index (κ2) is 2.64. The Morgan fingerprint density at radius 2 is 2.44 bits per heavy atom. The van der Waals surface area contributed by atoms with E-state index in [0.717, 1.165) is 5.69 Å². The summed E-state index contributed by atoms with van der Waals surface area (Å²) in [6.07, 6.45) is 1.60. The molecular formula is C5H6ClN3. The molecule has 0 saturated heterocycles. The van der Waals surface area contributed by atoms with Crippen molar-refractivity contribution in [2.45, 2.75) is 0 Å². The molecule has 0 spiro atoms. The molecule has 0 amide bonds. The summed E-state index contributed by atoms with van der Waals surface area (Å²) in [5.74, 6) is 0. The van der Waals surface area contributed by atoms with Crippen molar-refractivity contribution < 1.29 is 0 Å². The lowest BCUT2D eigenvalue weighted by Crippen LogP contribution is -1.89. The summed E-state index contributed by atoms with van der Waals surface area (Å²) in [5, 5.41) is 10.5. The van der Waals surface area contributed by atoms with Crippen molar-refractivity contribution in [3.05, 3.63) is 17.4 Å². The van der Waals surface area contributed by atoms with E-state index in [1.54, 1.807) is 19.3 Å². The Morgan fingerprint density at radius 1 is 1.67 bits per heavy atom. The minimum absolute atomic E-state index is 0.404. The van der Waals surface area contributed by atoms with Gasteiger partial charge in [0.15, 0.2) is 5.15 Å². The first-order valence-electron chi connectivity index (χ1n) is 2.49. The maximum Gasteiger partial charge on any atom is 0.153 e. The van der Waals surface area contributed by atoms with Crippen LogP contribution in [0.25, 0.3) is 0 Å². The Kier molecular flexibility index (Phi) is 1.85. The number of rotatable bonds is 1. The molecule has 0 unspecified atom stereocenters. The number of aromatic nitrogens is 2. The Balaban J connectivity index is 2.94. The maximum absolute atomic E-state index is 5.51. The zero-order chi connectivity index (χ0) is 6.69. The standard InChI is InChI=1S/C5H6ClN3/c1-7-4-2-5(6)9-8-3-4/h2-3H,1H3,(H,7,9). The Labute approximate surface area is 58.1 Å². The van der Waals surface area contributed by atoms with Gasteiger partial charge in [0.25, 0.3) is 0 Å². The van der Waals surface area contributed by atoms with Crippen LogP contribution in [0.15, 0.2) is 12.3 Å². The predicted octanol–water partition coefficient (Wildman–Crippen LogP) is 1.17. The molecule has 1 heterocycles. The molecule has 9 heavy (non-hydrogen) atoms. The van der Waals surface area contributed by atoms with Crippen LogP contribution in [-0.4, -0.2) is 17.2 Å². The van der Waals surface area contributed by atoms with Gasteiger partial charge in [-0.1, -0.05) is 11.6 Å². The average molecular weight is 144 g/mol. The molecule has 3 nitrogen and oxygen atoms in total. The van der Waals surface area contributed by atoms with Crippen molar-refractivity contribution in [2.75, 3.05) is 12.4 Å². The molecule has 1 aromatic heterocycles. The summed E-state index contributed by atoms with van der Waals surface area (Å²) in [6, 6.07) is 1.70. The second-order valence-electron chi connectivity index (χ2n) is 1.52. The zero-order valence-electron chi connectivity index (χ0n) is 4.93. The van der Waals surface area contributed by atoms with Crippen molar-refractivity contribution in [1.82, 2.24) is 10.2 Å². The lowest BCUT2D eigenvalue weighted by atomic mass is 10.5. The molecule has 48 valence electrons. The summed E-state index contributed by atoms with van der Waals surface area (Å²) < 4.78 is 0. The minimum atomic E-state index is 0.404. The lowest BCUT2D eigenvalue weighted by molar-refractivity contribution is 1.03. The van der Waals surface area contributed by atoms with Crippen molar-refractivity contribution in [1.29, 1.82) is 0 Å². The SMILES string of the molecule is CNc1cnnc(Cl)c1. The maximum atomic E-state index is 5.51. The summed E-state index contributed by atoms with van der Waals surface area (Å²) in [5.41, 5.74) is 0.870. The Bertz CT molecular complexity index is 201. The highest BCUT2D eigenvalue weighted by Gasteiger charge is 1.89. The van der Waals surface area contributed by atoms with E-state index in [0.29, 0.717) is 5.15 Å². The fourth-order valence-electron chi connectivity index (χ4n) is 0.477. The van der Waals surface area contributed by atoms with Crippen LogP contribution < -0.4 is 5.32 Å². The van der Waals surface area contributed by atoms with Gasteiger partial charge in [0.05, 0.1) is 11.9 Å². The molecule has 0 saturated carbocycles. The van der Waals surface area contributed by atoms with Gasteiger partial charge < -0.3 is 5.32 Å². The van der Waals surface area contributed by atoms with E-state index in [-0.39, 0.29) is 0 Å². The molecule has 1 N–H and O–H groups in total. The predicted molar refractivity (Wildman–Crippen MR) is 36.6 cm³/mol. The van der Waals surface area contributed by atoms with E-state index in [2.05, 4.69) is 15.5 Å². The molecular weight excluding hydrogens is 138 g/mol. The molecule has 0 aliphatic rings. The van der Waals surface area contributed by atoms with E-state index in [1.165, 1.54) is 0 Å². The average Bonchev–Trinajstić information content (AvgIpc) is 1.88. The largest absolute Gasteiger partial charge is 0.387 e. The molecule has 0 radical (unpaired) electrons. The fourth-order valence-corrected chi connectivity index (χ4v) is 0.639. The van der Waals surface area contributed by atoms with Crippen LogP contribution in [0.3, 0.4) is 0 Å². The smallest absolute Gasteiger partial charge is 0.153 e. The molecule has 0 aliphatic heterocycles. The first-order valence-corrected chi connectivity index (χ1v) is 2.86. The van der Waals surface area contributed by atoms with Gasteiger partial charge in [0.2, 0.25) is 0 Å². The highest BCUT2D eigenvalue weighted by Crippen LogP contribution is 2.08. The molecule has 1 rings (SSSR count). The number of halogens is 1. The van der Waals surface area contributed by atoms with Gasteiger partial charge in [0, 0.05) is 13.1 Å². The monoisotopic (exact) mass is 143 g/mol. The number of anilines is 1. The number of nitrogens with zero attached hydrogens (tertiary/aromatic N) is 2. The molecule has 0 aromatic carbocycles. The Hall–Kier alpha value is -0.830. The molecule has 0 bridgehead atoms. The van der Waals surface area contributed by atoms with Crippen LogP contribution in [0, 0.1) is 0 Å². The third kappa shape index (κ3) is 1.54. The van der Waals surface area contributed by atoms with E-state index < -0.39 is 0 Å². The van der Waals surface area contributed by atoms with E-state index >= 15 is 0 Å². The highest BCUT2D eigenvalue weighted by atomic mass is 35.5. The van der Waals surface area contributed by atoms with E-state index in [9.17, 15) is 0 Å². The molecule has 4 heteroatoms. The van der Waals surface area contributed by atoms with Gasteiger partial charge in [-0.15, -0.1) is 5.10 Å². The molecule has 0 atom stereocenters.